The zero-order valence-electron chi connectivity index (χ0n) is 11.3. The van der Waals surface area contributed by atoms with E-state index in [1.54, 1.807) is 0 Å². The highest BCUT2D eigenvalue weighted by atomic mass is 16.5. The normalized spacial score (nSPS) is 18.0. The zero-order chi connectivity index (χ0) is 13.9. The molecule has 0 spiro atoms. The van der Waals surface area contributed by atoms with Gasteiger partial charge in [0.2, 0.25) is 0 Å². The lowest BCUT2D eigenvalue weighted by Gasteiger charge is -2.34. The smallest absolute Gasteiger partial charge is 0.329 e. The molecule has 6 heteroatoms. The SMILES string of the molecule is CCc1cc(NC2(C(=O)O)CCOCC2)nc(C)n1. The second kappa shape index (κ2) is 5.52. The van der Waals surface area contributed by atoms with Crippen molar-refractivity contribution in [3.63, 3.8) is 0 Å². The number of aryl methyl sites for hydroxylation is 2. The lowest BCUT2D eigenvalue weighted by Crippen LogP contribution is -2.50. The summed E-state index contributed by atoms with van der Waals surface area (Å²) in [6.45, 7) is 4.71. The molecular weight excluding hydrogens is 246 g/mol. The van der Waals surface area contributed by atoms with Gasteiger partial charge in [0.25, 0.3) is 0 Å². The number of ether oxygens (including phenoxy) is 1. The highest BCUT2D eigenvalue weighted by Gasteiger charge is 2.40. The number of nitrogens with zero attached hydrogens (tertiary/aromatic N) is 2. The van der Waals surface area contributed by atoms with Crippen LogP contribution in [0.15, 0.2) is 6.07 Å². The van der Waals surface area contributed by atoms with Gasteiger partial charge in [0, 0.05) is 37.8 Å². The summed E-state index contributed by atoms with van der Waals surface area (Å²) in [6.07, 6.45) is 1.67. The summed E-state index contributed by atoms with van der Waals surface area (Å²) in [5.41, 5.74) is -0.0769. The average molecular weight is 265 g/mol. The summed E-state index contributed by atoms with van der Waals surface area (Å²) < 4.78 is 5.25. The molecule has 0 amide bonds. The Bertz CT molecular complexity index is 470. The number of carboxylic acid groups (broad SMARTS) is 1. The molecule has 1 fully saturated rings. The van der Waals surface area contributed by atoms with Gasteiger partial charge in [0.15, 0.2) is 0 Å². The molecule has 0 saturated carbocycles. The van der Waals surface area contributed by atoms with Crippen molar-refractivity contribution in [2.24, 2.45) is 0 Å². The van der Waals surface area contributed by atoms with E-state index in [-0.39, 0.29) is 0 Å². The van der Waals surface area contributed by atoms with Crippen LogP contribution in [0.5, 0.6) is 0 Å². The number of carboxylic acids is 1. The van der Waals surface area contributed by atoms with Crippen LogP contribution in [0.25, 0.3) is 0 Å². The quantitative estimate of drug-likeness (QED) is 0.856. The van der Waals surface area contributed by atoms with Crippen molar-refractivity contribution in [3.8, 4) is 0 Å². The number of aromatic nitrogens is 2. The third kappa shape index (κ3) is 3.01. The molecule has 0 atom stereocenters. The van der Waals surface area contributed by atoms with Crippen LogP contribution in [0.1, 0.15) is 31.3 Å². The molecule has 0 bridgehead atoms. The van der Waals surface area contributed by atoms with E-state index in [2.05, 4.69) is 15.3 Å². The Morgan fingerprint density at radius 3 is 2.74 bits per heavy atom. The highest BCUT2D eigenvalue weighted by Crippen LogP contribution is 2.26. The van der Waals surface area contributed by atoms with Crippen LogP contribution < -0.4 is 5.32 Å². The summed E-state index contributed by atoms with van der Waals surface area (Å²) in [5.74, 6) is 0.369. The Labute approximate surface area is 112 Å². The first kappa shape index (κ1) is 13.7. The Kier molecular flexibility index (Phi) is 3.99. The maximum absolute atomic E-state index is 11.6. The molecular formula is C13H19N3O3. The minimum atomic E-state index is -0.982. The summed E-state index contributed by atoms with van der Waals surface area (Å²) in [6, 6.07) is 1.81. The van der Waals surface area contributed by atoms with E-state index >= 15 is 0 Å². The third-order valence-corrected chi connectivity index (χ3v) is 3.38. The van der Waals surface area contributed by atoms with E-state index in [1.807, 2.05) is 19.9 Å². The minimum absolute atomic E-state index is 0.437. The second-order valence-corrected chi connectivity index (χ2v) is 4.77. The fourth-order valence-corrected chi connectivity index (χ4v) is 2.23. The lowest BCUT2D eigenvalue weighted by molar-refractivity contribution is -0.145. The molecule has 19 heavy (non-hydrogen) atoms. The molecule has 0 aromatic carbocycles. The fraction of sp³-hybridized carbons (Fsp3) is 0.615. The fourth-order valence-electron chi connectivity index (χ4n) is 2.23. The number of nitrogens with one attached hydrogen (secondary N) is 1. The molecule has 1 aliphatic rings. The van der Waals surface area contributed by atoms with Crippen molar-refractivity contribution in [2.45, 2.75) is 38.6 Å². The molecule has 1 aromatic rings. The Morgan fingerprint density at radius 1 is 1.47 bits per heavy atom. The van der Waals surface area contributed by atoms with E-state index in [0.717, 1.165) is 12.1 Å². The summed E-state index contributed by atoms with van der Waals surface area (Å²) in [7, 11) is 0. The van der Waals surface area contributed by atoms with Crippen molar-refractivity contribution in [1.82, 2.24) is 9.97 Å². The van der Waals surface area contributed by atoms with Crippen LogP contribution in [0, 0.1) is 6.92 Å². The van der Waals surface area contributed by atoms with Crippen molar-refractivity contribution in [3.05, 3.63) is 17.6 Å². The number of rotatable bonds is 4. The Balaban J connectivity index is 2.26. The van der Waals surface area contributed by atoms with Crippen LogP contribution >= 0.6 is 0 Å². The Morgan fingerprint density at radius 2 is 2.16 bits per heavy atom. The van der Waals surface area contributed by atoms with Crippen LogP contribution in [-0.4, -0.2) is 39.8 Å². The van der Waals surface area contributed by atoms with Crippen LogP contribution in [0.2, 0.25) is 0 Å². The second-order valence-electron chi connectivity index (χ2n) is 4.77. The van der Waals surface area contributed by atoms with Crippen LogP contribution in [-0.2, 0) is 16.0 Å². The van der Waals surface area contributed by atoms with Crippen molar-refractivity contribution in [1.29, 1.82) is 0 Å². The van der Waals surface area contributed by atoms with Gasteiger partial charge >= 0.3 is 5.97 Å². The third-order valence-electron chi connectivity index (χ3n) is 3.38. The first-order valence-electron chi connectivity index (χ1n) is 6.49. The number of hydrogen-bond acceptors (Lipinski definition) is 5. The largest absolute Gasteiger partial charge is 0.480 e. The molecule has 1 aromatic heterocycles. The molecule has 1 saturated heterocycles. The highest BCUT2D eigenvalue weighted by molar-refractivity contribution is 5.82. The molecule has 6 nitrogen and oxygen atoms in total. The summed E-state index contributed by atoms with van der Waals surface area (Å²) in [5, 5.41) is 12.6. The number of hydrogen-bond donors (Lipinski definition) is 2. The van der Waals surface area contributed by atoms with Gasteiger partial charge in [-0.25, -0.2) is 14.8 Å². The standard InChI is InChI=1S/C13H19N3O3/c1-3-10-8-11(15-9(2)14-10)16-13(12(17)18)4-6-19-7-5-13/h8H,3-7H2,1-2H3,(H,17,18)(H,14,15,16). The monoisotopic (exact) mass is 265 g/mol. The van der Waals surface area contributed by atoms with Crippen LogP contribution in [0.3, 0.4) is 0 Å². The van der Waals surface area contributed by atoms with Crippen molar-refractivity contribution in [2.75, 3.05) is 18.5 Å². The topological polar surface area (TPSA) is 84.3 Å². The average Bonchev–Trinajstić information content (AvgIpc) is 2.38. The van der Waals surface area contributed by atoms with Gasteiger partial charge in [-0.3, -0.25) is 0 Å². The van der Waals surface area contributed by atoms with Gasteiger partial charge in [-0.2, -0.15) is 0 Å². The molecule has 2 N–H and O–H groups in total. The molecule has 2 rings (SSSR count). The van der Waals surface area contributed by atoms with Gasteiger partial charge in [-0.1, -0.05) is 6.92 Å². The number of carbonyl (C=O) groups is 1. The van der Waals surface area contributed by atoms with Gasteiger partial charge in [0.1, 0.15) is 17.2 Å². The van der Waals surface area contributed by atoms with Crippen molar-refractivity contribution < 1.29 is 14.6 Å². The van der Waals surface area contributed by atoms with Gasteiger partial charge in [-0.15, -0.1) is 0 Å². The number of anilines is 1. The van der Waals surface area contributed by atoms with Crippen LogP contribution in [0.4, 0.5) is 5.82 Å². The first-order chi connectivity index (χ1) is 9.05. The zero-order valence-corrected chi connectivity index (χ0v) is 11.3. The Hall–Kier alpha value is -1.69. The van der Waals surface area contributed by atoms with Gasteiger partial charge < -0.3 is 15.2 Å². The summed E-state index contributed by atoms with van der Waals surface area (Å²) in [4.78, 5) is 20.1. The van der Waals surface area contributed by atoms with E-state index in [9.17, 15) is 9.90 Å². The van der Waals surface area contributed by atoms with E-state index < -0.39 is 11.5 Å². The van der Waals surface area contributed by atoms with Gasteiger partial charge in [0.05, 0.1) is 0 Å². The molecule has 0 unspecified atom stereocenters. The molecule has 0 aliphatic carbocycles. The molecule has 1 aliphatic heterocycles. The lowest BCUT2D eigenvalue weighted by atomic mass is 9.90. The molecule has 0 radical (unpaired) electrons. The van der Waals surface area contributed by atoms with Crippen molar-refractivity contribution >= 4 is 11.8 Å². The van der Waals surface area contributed by atoms with E-state index in [0.29, 0.717) is 37.7 Å². The predicted octanol–water partition coefficient (Wildman–Crippen LogP) is 1.39. The minimum Gasteiger partial charge on any atom is -0.480 e. The molecule has 104 valence electrons. The maximum atomic E-state index is 11.6. The van der Waals surface area contributed by atoms with E-state index in [1.165, 1.54) is 0 Å². The molecule has 2 heterocycles. The number of aliphatic carboxylic acids is 1. The first-order valence-corrected chi connectivity index (χ1v) is 6.49. The summed E-state index contributed by atoms with van der Waals surface area (Å²) >= 11 is 0. The predicted molar refractivity (Wildman–Crippen MR) is 70.2 cm³/mol. The van der Waals surface area contributed by atoms with E-state index in [4.69, 9.17) is 4.74 Å². The maximum Gasteiger partial charge on any atom is 0.329 e. The van der Waals surface area contributed by atoms with Gasteiger partial charge in [-0.05, 0) is 13.3 Å².